The number of carbonyl (C=O) groups excluding carboxylic acids is 4. The number of hydrogen-bond donors (Lipinski definition) is 15. The quantitative estimate of drug-likeness (QED) is 0.0225. The van der Waals surface area contributed by atoms with Gasteiger partial charge in [-0.2, -0.15) is 0 Å². The molecule has 452 valence electrons. The van der Waals surface area contributed by atoms with Crippen LogP contribution in [-0.4, -0.2) is 261 Å². The van der Waals surface area contributed by atoms with E-state index < -0.39 is 153 Å². The number of nitrogens with one attached hydrogen (secondary N) is 3. The lowest BCUT2D eigenvalue weighted by Crippen LogP contribution is -2.70. The van der Waals surface area contributed by atoms with Crippen molar-refractivity contribution in [3.63, 3.8) is 0 Å². The molecule has 32 nitrogen and oxygen atoms in total. The number of hydrogen-bond acceptors (Lipinski definition) is 27. The van der Waals surface area contributed by atoms with E-state index >= 15 is 0 Å². The van der Waals surface area contributed by atoms with Crippen molar-refractivity contribution >= 4 is 35.7 Å². The zero-order valence-electron chi connectivity index (χ0n) is 44.0. The van der Waals surface area contributed by atoms with E-state index in [1.165, 1.54) is 0 Å². The first-order chi connectivity index (χ1) is 37.5. The molecule has 3 aliphatic heterocycles. The van der Waals surface area contributed by atoms with Gasteiger partial charge in [0.1, 0.15) is 79.3 Å². The molecule has 2 amide bonds. The van der Waals surface area contributed by atoms with Crippen LogP contribution in [0.5, 0.6) is 0 Å². The van der Waals surface area contributed by atoms with E-state index in [-0.39, 0.29) is 38.1 Å². The summed E-state index contributed by atoms with van der Waals surface area (Å²) >= 11 is 0. The highest BCUT2D eigenvalue weighted by Gasteiger charge is 2.57. The number of aliphatic hydroxyl groups is 10. The van der Waals surface area contributed by atoms with Gasteiger partial charge in [-0.25, -0.2) is 9.59 Å². The van der Waals surface area contributed by atoms with E-state index in [1.807, 2.05) is 6.92 Å². The lowest BCUT2D eigenvalue weighted by molar-refractivity contribution is -0.364. The molecule has 0 aromatic carbocycles. The molecule has 0 aliphatic carbocycles. The zero-order chi connectivity index (χ0) is 58.5. The van der Waals surface area contributed by atoms with Gasteiger partial charge in [0.15, 0.2) is 31.1 Å². The van der Waals surface area contributed by atoms with Crippen molar-refractivity contribution in [2.75, 3.05) is 33.0 Å². The van der Waals surface area contributed by atoms with Crippen LogP contribution in [0.3, 0.4) is 0 Å². The highest BCUT2D eigenvalue weighted by molar-refractivity contribution is 5.75. The van der Waals surface area contributed by atoms with E-state index in [4.69, 9.17) is 37.9 Å². The molecule has 15 N–H and O–H groups in total. The van der Waals surface area contributed by atoms with Crippen LogP contribution in [0.2, 0.25) is 0 Å². The summed E-state index contributed by atoms with van der Waals surface area (Å²) in [5, 5.41) is 143. The van der Waals surface area contributed by atoms with Gasteiger partial charge in [0.25, 0.3) is 0 Å². The molecular formula is C47H78N6O26. The van der Waals surface area contributed by atoms with Crippen LogP contribution in [0.1, 0.15) is 90.7 Å². The van der Waals surface area contributed by atoms with Crippen molar-refractivity contribution in [3.05, 3.63) is 11.9 Å². The lowest BCUT2D eigenvalue weighted by atomic mass is 9.94. The topological polar surface area (TPSA) is 486 Å². The van der Waals surface area contributed by atoms with E-state index in [9.17, 15) is 90.0 Å². The largest absolute Gasteiger partial charge is 0.479 e. The Balaban J connectivity index is 1.39. The molecule has 0 spiro atoms. The number of amides is 2. The SMILES string of the molecule is CCCCOC(=O)CCCCCOC(=O)CCCCCn1cc(CNCC(NC(C)=O)[C@@H](O[C@@H]2OC(C(=O)O)[C@@H](O[C@@H]3OC(CO)[C@@H](O)[C@H](O[C@@H]4OC(C(=O)O)[C@@H](O)[C@H](O)C4O)C3NC(C)=O)[C@H](O)C2O)[C@H](O)C(O)CO)nn1. The number of nitrogens with zero attached hydrogens (tertiary/aromatic N) is 3. The van der Waals surface area contributed by atoms with Crippen LogP contribution in [0, 0.1) is 0 Å². The standard InChI is InChI=1S/C47H78N6O26/c1-4-5-15-72-28(59)13-9-7-11-16-73-29(60)12-8-6-10-14-53-19-24(51-52-53)17-48-18-25(49-22(2)56)38(31(61)26(58)20-54)75-47-37(67)35(65)40(42(79-47)44(70)71)77-45-30(50-23(3)57)39(32(62)27(21-55)74-45)76-46-36(66)33(63)34(64)41(78-46)43(68)69/h19,25-27,30-42,45-48,54-55,58,61-67H,4-18,20-21H2,1-3H3,(H,49,56)(H,50,57)(H,68,69)(H,70,71)/t25?,26?,27?,30?,31-,32-,33+,34+,35-,36?,37?,38-,39-,40+,41?,42?,45+,46-,47-/m1/s1. The first-order valence-electron chi connectivity index (χ1n) is 26.0. The summed E-state index contributed by atoms with van der Waals surface area (Å²) in [5.41, 5.74) is 0.405. The molecule has 32 heteroatoms. The number of rotatable bonds is 34. The lowest BCUT2D eigenvalue weighted by Gasteiger charge is -2.49. The molecule has 79 heavy (non-hydrogen) atoms. The Morgan fingerprint density at radius 2 is 1.30 bits per heavy atom. The second-order valence-corrected chi connectivity index (χ2v) is 19.3. The van der Waals surface area contributed by atoms with Crippen LogP contribution in [0.25, 0.3) is 0 Å². The number of unbranched alkanes of at least 4 members (excludes halogenated alkanes) is 5. The molecule has 0 saturated carbocycles. The molecule has 3 aliphatic rings. The molecular weight excluding hydrogens is 1060 g/mol. The van der Waals surface area contributed by atoms with Crippen LogP contribution in [0.15, 0.2) is 6.20 Å². The average Bonchev–Trinajstić information content (AvgIpc) is 3.86. The van der Waals surface area contributed by atoms with Gasteiger partial charge in [0, 0.05) is 52.5 Å². The number of aliphatic hydroxyl groups excluding tert-OH is 10. The molecule has 4 rings (SSSR count). The number of ether oxygens (including phenoxy) is 8. The first kappa shape index (κ1) is 66.8. The van der Waals surface area contributed by atoms with Gasteiger partial charge >= 0.3 is 23.9 Å². The van der Waals surface area contributed by atoms with Crippen molar-refractivity contribution in [3.8, 4) is 0 Å². The maximum Gasteiger partial charge on any atom is 0.335 e. The fourth-order valence-corrected chi connectivity index (χ4v) is 8.73. The molecule has 1 aromatic heterocycles. The van der Waals surface area contributed by atoms with Crippen molar-refractivity contribution < 1.29 is 128 Å². The highest BCUT2D eigenvalue weighted by Crippen LogP contribution is 2.34. The molecule has 3 fully saturated rings. The number of aromatic nitrogens is 3. The molecule has 1 aromatic rings. The first-order valence-corrected chi connectivity index (χ1v) is 26.0. The Morgan fingerprint density at radius 3 is 1.90 bits per heavy atom. The number of carbonyl (C=O) groups is 6. The molecule has 4 heterocycles. The minimum absolute atomic E-state index is 0.0112. The van der Waals surface area contributed by atoms with Gasteiger partial charge in [-0.15, -0.1) is 5.10 Å². The van der Waals surface area contributed by atoms with Gasteiger partial charge in [0.05, 0.1) is 38.2 Å². The Labute approximate surface area is 453 Å². The molecule has 0 radical (unpaired) electrons. The van der Waals surface area contributed by atoms with Gasteiger partial charge in [0.2, 0.25) is 11.8 Å². The number of carboxylic acid groups (broad SMARTS) is 2. The second-order valence-electron chi connectivity index (χ2n) is 19.3. The summed E-state index contributed by atoms with van der Waals surface area (Å²) < 4.78 is 45.7. The molecule has 0 bridgehead atoms. The van der Waals surface area contributed by atoms with Crippen molar-refractivity contribution in [1.82, 2.24) is 30.9 Å². The van der Waals surface area contributed by atoms with E-state index in [1.54, 1.807) is 10.9 Å². The van der Waals surface area contributed by atoms with Crippen LogP contribution in [-0.2, 0) is 79.8 Å². The van der Waals surface area contributed by atoms with E-state index in [0.29, 0.717) is 57.4 Å². The predicted molar refractivity (Wildman–Crippen MR) is 259 cm³/mol. The summed E-state index contributed by atoms with van der Waals surface area (Å²) in [4.78, 5) is 73.5. The molecule has 8 unspecified atom stereocenters. The number of esters is 2. The summed E-state index contributed by atoms with van der Waals surface area (Å²) in [6, 6.07) is -3.23. The van der Waals surface area contributed by atoms with E-state index in [2.05, 4.69) is 26.3 Å². The van der Waals surface area contributed by atoms with Gasteiger partial charge in [-0.3, -0.25) is 23.9 Å². The Hall–Kier alpha value is -4.72. The highest BCUT2D eigenvalue weighted by atomic mass is 16.8. The summed E-state index contributed by atoms with van der Waals surface area (Å²) in [6.07, 6.45) is -28.4. The normalized spacial score (nSPS) is 30.6. The van der Waals surface area contributed by atoms with E-state index in [0.717, 1.165) is 33.1 Å². The van der Waals surface area contributed by atoms with Crippen molar-refractivity contribution in [1.29, 1.82) is 0 Å². The minimum Gasteiger partial charge on any atom is -0.479 e. The van der Waals surface area contributed by atoms with Crippen LogP contribution >= 0.6 is 0 Å². The smallest absolute Gasteiger partial charge is 0.335 e. The fraction of sp³-hybridized carbons (Fsp3) is 0.830. The van der Waals surface area contributed by atoms with Crippen molar-refractivity contribution in [2.45, 2.75) is 214 Å². The Bertz CT molecular complexity index is 2060. The van der Waals surface area contributed by atoms with Crippen LogP contribution in [0.4, 0.5) is 0 Å². The maximum atomic E-state index is 12.8. The summed E-state index contributed by atoms with van der Waals surface area (Å²) in [7, 11) is 0. The predicted octanol–water partition coefficient (Wildman–Crippen LogP) is -6.24. The van der Waals surface area contributed by atoms with Crippen LogP contribution < -0.4 is 16.0 Å². The number of aryl methyl sites for hydroxylation is 1. The summed E-state index contributed by atoms with van der Waals surface area (Å²) in [5.74, 6) is -5.86. The minimum atomic E-state index is -2.37. The maximum absolute atomic E-state index is 12.8. The zero-order valence-corrected chi connectivity index (χ0v) is 44.0. The Morgan fingerprint density at radius 1 is 0.696 bits per heavy atom. The molecule has 3 saturated heterocycles. The average molecular weight is 1140 g/mol. The number of carboxylic acids is 2. The monoisotopic (exact) mass is 1140 g/mol. The Kier molecular flexibility index (Phi) is 28.1. The van der Waals surface area contributed by atoms with Crippen molar-refractivity contribution in [2.24, 2.45) is 0 Å². The second kappa shape index (κ2) is 33.3. The fourth-order valence-electron chi connectivity index (χ4n) is 8.73. The van der Waals surface area contributed by atoms with Gasteiger partial charge in [-0.05, 0) is 38.5 Å². The number of aliphatic carboxylic acids is 2. The molecule has 19 atom stereocenters. The van der Waals surface area contributed by atoms with Gasteiger partial charge in [-0.1, -0.05) is 25.0 Å². The third kappa shape index (κ3) is 20.0. The third-order valence-electron chi connectivity index (χ3n) is 13.0. The van der Waals surface area contributed by atoms with Gasteiger partial charge < -0.3 is 115 Å². The third-order valence-corrected chi connectivity index (χ3v) is 13.0. The summed E-state index contributed by atoms with van der Waals surface area (Å²) in [6.45, 7) is 2.75.